The molecule has 0 aliphatic heterocycles. The molecule has 0 saturated carbocycles. The fraction of sp³-hybridized carbons (Fsp3) is 0.0909. The first kappa shape index (κ1) is 13.3. The van der Waals surface area contributed by atoms with Crippen molar-refractivity contribution in [3.63, 3.8) is 0 Å². The summed E-state index contributed by atoms with van der Waals surface area (Å²) in [5.41, 5.74) is 4.17. The SMILES string of the molecule is Cc1cc(Nc2cc(Br)ccc2Br)nc(NN)n1. The number of nitrogens with zero attached hydrogens (tertiary/aromatic N) is 2. The zero-order valence-electron chi connectivity index (χ0n) is 9.54. The number of nitrogens with two attached hydrogens (primary N) is 1. The summed E-state index contributed by atoms with van der Waals surface area (Å²) in [6, 6.07) is 7.70. The van der Waals surface area contributed by atoms with Gasteiger partial charge in [-0.2, -0.15) is 4.98 Å². The van der Waals surface area contributed by atoms with Gasteiger partial charge in [-0.15, -0.1) is 0 Å². The highest BCUT2D eigenvalue weighted by Crippen LogP contribution is 2.28. The summed E-state index contributed by atoms with van der Waals surface area (Å²) in [5.74, 6) is 6.37. The van der Waals surface area contributed by atoms with Crippen molar-refractivity contribution in [1.29, 1.82) is 0 Å². The van der Waals surface area contributed by atoms with Gasteiger partial charge in [-0.25, -0.2) is 10.8 Å². The van der Waals surface area contributed by atoms with E-state index in [2.05, 4.69) is 52.6 Å². The van der Waals surface area contributed by atoms with E-state index in [0.29, 0.717) is 11.8 Å². The molecule has 0 aliphatic rings. The van der Waals surface area contributed by atoms with Gasteiger partial charge >= 0.3 is 0 Å². The van der Waals surface area contributed by atoms with Crippen LogP contribution in [0.3, 0.4) is 0 Å². The number of aromatic nitrogens is 2. The molecular formula is C11H11Br2N5. The number of anilines is 3. The van der Waals surface area contributed by atoms with Crippen LogP contribution in [0.2, 0.25) is 0 Å². The second-order valence-electron chi connectivity index (χ2n) is 3.61. The van der Waals surface area contributed by atoms with E-state index in [1.54, 1.807) is 0 Å². The lowest BCUT2D eigenvalue weighted by Gasteiger charge is -2.10. The van der Waals surface area contributed by atoms with Gasteiger partial charge in [-0.1, -0.05) is 15.9 Å². The maximum Gasteiger partial charge on any atom is 0.239 e. The van der Waals surface area contributed by atoms with Crippen molar-refractivity contribution in [2.45, 2.75) is 6.92 Å². The highest BCUT2D eigenvalue weighted by atomic mass is 79.9. The molecule has 2 aromatic rings. The Balaban J connectivity index is 2.33. The average Bonchev–Trinajstić information content (AvgIpc) is 2.33. The number of benzene rings is 1. The van der Waals surface area contributed by atoms with Crippen LogP contribution >= 0.6 is 31.9 Å². The number of aryl methyl sites for hydroxylation is 1. The van der Waals surface area contributed by atoms with E-state index in [4.69, 9.17) is 5.84 Å². The van der Waals surface area contributed by atoms with Crippen LogP contribution in [-0.4, -0.2) is 9.97 Å². The predicted octanol–water partition coefficient (Wildman–Crippen LogP) is 3.34. The van der Waals surface area contributed by atoms with Crippen LogP contribution in [0.5, 0.6) is 0 Å². The molecule has 0 saturated heterocycles. The van der Waals surface area contributed by atoms with E-state index in [9.17, 15) is 0 Å². The van der Waals surface area contributed by atoms with E-state index in [1.165, 1.54) is 0 Å². The molecule has 4 N–H and O–H groups in total. The molecule has 2 rings (SSSR count). The van der Waals surface area contributed by atoms with E-state index in [1.807, 2.05) is 31.2 Å². The fourth-order valence-corrected chi connectivity index (χ4v) is 2.14. The minimum Gasteiger partial charge on any atom is -0.339 e. The topological polar surface area (TPSA) is 75.9 Å². The predicted molar refractivity (Wildman–Crippen MR) is 79.7 cm³/mol. The molecule has 0 bridgehead atoms. The van der Waals surface area contributed by atoms with Crippen molar-refractivity contribution < 1.29 is 0 Å². The van der Waals surface area contributed by atoms with E-state index >= 15 is 0 Å². The maximum absolute atomic E-state index is 5.32. The monoisotopic (exact) mass is 371 g/mol. The quantitative estimate of drug-likeness (QED) is 0.569. The van der Waals surface area contributed by atoms with Gasteiger partial charge in [0.25, 0.3) is 0 Å². The largest absolute Gasteiger partial charge is 0.339 e. The first-order valence-electron chi connectivity index (χ1n) is 5.13. The molecule has 0 unspecified atom stereocenters. The Hall–Kier alpha value is -1.18. The van der Waals surface area contributed by atoms with Gasteiger partial charge in [0.15, 0.2) is 0 Å². The van der Waals surface area contributed by atoms with Gasteiger partial charge in [0, 0.05) is 20.7 Å². The summed E-state index contributed by atoms with van der Waals surface area (Å²) in [5, 5.41) is 3.21. The smallest absolute Gasteiger partial charge is 0.239 e. The van der Waals surface area contributed by atoms with Crippen molar-refractivity contribution in [3.8, 4) is 0 Å². The molecular weight excluding hydrogens is 362 g/mol. The molecule has 1 aromatic carbocycles. The molecule has 1 aromatic heterocycles. The summed E-state index contributed by atoms with van der Waals surface area (Å²) in [6.45, 7) is 1.88. The van der Waals surface area contributed by atoms with Crippen molar-refractivity contribution in [1.82, 2.24) is 9.97 Å². The Morgan fingerprint density at radius 2 is 1.94 bits per heavy atom. The highest BCUT2D eigenvalue weighted by Gasteiger charge is 2.05. The van der Waals surface area contributed by atoms with Crippen molar-refractivity contribution in [3.05, 3.63) is 38.9 Å². The molecule has 7 heteroatoms. The van der Waals surface area contributed by atoms with Crippen molar-refractivity contribution >= 4 is 49.3 Å². The van der Waals surface area contributed by atoms with Crippen LogP contribution in [0, 0.1) is 6.92 Å². The first-order valence-corrected chi connectivity index (χ1v) is 6.71. The summed E-state index contributed by atoms with van der Waals surface area (Å²) in [4.78, 5) is 8.35. The molecule has 18 heavy (non-hydrogen) atoms. The number of hydrogen-bond donors (Lipinski definition) is 3. The molecule has 0 aliphatic carbocycles. The van der Waals surface area contributed by atoms with Crippen molar-refractivity contribution in [2.24, 2.45) is 5.84 Å². The minimum absolute atomic E-state index is 0.378. The van der Waals surface area contributed by atoms with Gasteiger partial charge in [-0.05, 0) is 41.1 Å². The lowest BCUT2D eigenvalue weighted by Crippen LogP contribution is -2.11. The van der Waals surface area contributed by atoms with Gasteiger partial charge in [0.1, 0.15) is 5.82 Å². The molecule has 0 spiro atoms. The van der Waals surface area contributed by atoms with Crippen LogP contribution in [0.15, 0.2) is 33.2 Å². The van der Waals surface area contributed by atoms with Crippen LogP contribution in [0.1, 0.15) is 5.69 Å². The zero-order valence-corrected chi connectivity index (χ0v) is 12.7. The number of hydrazine groups is 1. The Labute approximate surface area is 121 Å². The third kappa shape index (κ3) is 3.18. The Bertz CT molecular complexity index is 573. The third-order valence-electron chi connectivity index (χ3n) is 2.17. The van der Waals surface area contributed by atoms with Gasteiger partial charge < -0.3 is 5.32 Å². The number of nitrogens with one attached hydrogen (secondary N) is 2. The standard InChI is InChI=1S/C11H11Br2N5/c1-6-4-10(17-11(15-6)18-14)16-9-5-7(12)2-3-8(9)13/h2-5H,14H2,1H3,(H2,15,16,17,18). The number of rotatable bonds is 3. The third-order valence-corrected chi connectivity index (χ3v) is 3.36. The minimum atomic E-state index is 0.378. The molecule has 0 fully saturated rings. The number of halogens is 2. The average molecular weight is 373 g/mol. The summed E-state index contributed by atoms with van der Waals surface area (Å²) in [6.07, 6.45) is 0. The normalized spacial score (nSPS) is 10.2. The van der Waals surface area contributed by atoms with Crippen LogP contribution < -0.4 is 16.6 Å². The Kier molecular flexibility index (Phi) is 4.15. The van der Waals surface area contributed by atoms with Crippen LogP contribution in [-0.2, 0) is 0 Å². The zero-order chi connectivity index (χ0) is 13.1. The number of hydrogen-bond acceptors (Lipinski definition) is 5. The fourth-order valence-electron chi connectivity index (χ4n) is 1.43. The molecule has 1 heterocycles. The van der Waals surface area contributed by atoms with E-state index in [-0.39, 0.29) is 0 Å². The molecule has 0 amide bonds. The summed E-state index contributed by atoms with van der Waals surface area (Å²) in [7, 11) is 0. The highest BCUT2D eigenvalue weighted by molar-refractivity contribution is 9.11. The van der Waals surface area contributed by atoms with Crippen molar-refractivity contribution in [2.75, 3.05) is 10.7 Å². The Morgan fingerprint density at radius 1 is 1.17 bits per heavy atom. The van der Waals surface area contributed by atoms with Crippen LogP contribution in [0.25, 0.3) is 0 Å². The van der Waals surface area contributed by atoms with Gasteiger partial charge in [-0.3, -0.25) is 5.43 Å². The second kappa shape index (κ2) is 5.64. The molecule has 0 radical (unpaired) electrons. The maximum atomic E-state index is 5.32. The van der Waals surface area contributed by atoms with E-state index in [0.717, 1.165) is 20.3 Å². The molecule has 5 nitrogen and oxygen atoms in total. The van der Waals surface area contributed by atoms with Gasteiger partial charge in [0.05, 0.1) is 5.69 Å². The van der Waals surface area contributed by atoms with Crippen LogP contribution in [0.4, 0.5) is 17.5 Å². The lowest BCUT2D eigenvalue weighted by molar-refractivity contribution is 1.07. The second-order valence-corrected chi connectivity index (χ2v) is 5.38. The lowest BCUT2D eigenvalue weighted by atomic mass is 10.3. The first-order chi connectivity index (χ1) is 8.58. The summed E-state index contributed by atoms with van der Waals surface area (Å²) >= 11 is 6.90. The number of nitrogen functional groups attached to an aromatic ring is 1. The molecule has 0 atom stereocenters. The van der Waals surface area contributed by atoms with E-state index < -0.39 is 0 Å². The van der Waals surface area contributed by atoms with Gasteiger partial charge in [0.2, 0.25) is 5.95 Å². The molecule has 94 valence electrons. The Morgan fingerprint density at radius 3 is 2.67 bits per heavy atom. The summed E-state index contributed by atoms with van der Waals surface area (Å²) < 4.78 is 1.93.